The molecule has 0 spiro atoms. The third kappa shape index (κ3) is 2.65. The summed E-state index contributed by atoms with van der Waals surface area (Å²) in [6.07, 6.45) is 2.63. The number of nitrogens with one attached hydrogen (secondary N) is 1. The number of benzene rings is 1. The van der Waals surface area contributed by atoms with E-state index in [2.05, 4.69) is 16.3 Å². The molecule has 3 fully saturated rings. The molecule has 106 valence electrons. The molecule has 1 N–H and O–H groups in total. The van der Waals surface area contributed by atoms with Crippen molar-refractivity contribution < 1.29 is 4.74 Å². The number of hydrogen-bond acceptors (Lipinski definition) is 4. The lowest BCUT2D eigenvalue weighted by molar-refractivity contribution is 0.0719. The molecule has 1 aromatic rings. The molecular weight excluding hydrogens is 250 g/mol. The first kappa shape index (κ1) is 13.4. The normalized spacial score (nSPS) is 28.1. The molecule has 20 heavy (non-hydrogen) atoms. The first-order valence-corrected chi connectivity index (χ1v) is 7.33. The molecule has 0 aliphatic carbocycles. The van der Waals surface area contributed by atoms with Crippen LogP contribution in [0.2, 0.25) is 0 Å². The van der Waals surface area contributed by atoms with E-state index in [4.69, 9.17) is 10.00 Å². The van der Waals surface area contributed by atoms with E-state index in [9.17, 15) is 0 Å². The lowest BCUT2D eigenvalue weighted by atomic mass is 9.84. The molecule has 1 atom stereocenters. The zero-order valence-corrected chi connectivity index (χ0v) is 11.9. The van der Waals surface area contributed by atoms with Gasteiger partial charge in [0, 0.05) is 24.7 Å². The van der Waals surface area contributed by atoms with Crippen LogP contribution < -0.4 is 10.1 Å². The molecule has 1 unspecified atom stereocenters. The number of nitriles is 1. The third-order valence-corrected chi connectivity index (χ3v) is 4.62. The van der Waals surface area contributed by atoms with Gasteiger partial charge in [0.1, 0.15) is 5.75 Å². The van der Waals surface area contributed by atoms with Gasteiger partial charge >= 0.3 is 0 Å². The van der Waals surface area contributed by atoms with Crippen molar-refractivity contribution in [2.24, 2.45) is 5.92 Å². The van der Waals surface area contributed by atoms with Gasteiger partial charge < -0.3 is 15.0 Å². The average Bonchev–Trinajstić information content (AvgIpc) is 2.53. The first-order valence-electron chi connectivity index (χ1n) is 7.33. The Labute approximate surface area is 120 Å². The Morgan fingerprint density at radius 2 is 2.20 bits per heavy atom. The van der Waals surface area contributed by atoms with Crippen LogP contribution in [-0.4, -0.2) is 37.7 Å². The highest BCUT2D eigenvalue weighted by atomic mass is 16.5. The van der Waals surface area contributed by atoms with E-state index in [1.54, 1.807) is 13.2 Å². The van der Waals surface area contributed by atoms with Crippen molar-refractivity contribution in [1.29, 1.82) is 5.26 Å². The fraction of sp³-hybridized carbons (Fsp3) is 0.562. The summed E-state index contributed by atoms with van der Waals surface area (Å²) in [7, 11) is 1.68. The van der Waals surface area contributed by atoms with Gasteiger partial charge in [0.25, 0.3) is 0 Å². The number of methoxy groups -OCH3 is 1. The largest absolute Gasteiger partial charge is 0.496 e. The molecule has 4 heteroatoms. The molecule has 0 amide bonds. The fourth-order valence-corrected chi connectivity index (χ4v) is 3.42. The molecule has 0 radical (unpaired) electrons. The average molecular weight is 271 g/mol. The number of piperidine rings is 3. The van der Waals surface area contributed by atoms with Crippen LogP contribution in [0.3, 0.4) is 0 Å². The van der Waals surface area contributed by atoms with Crippen LogP contribution in [0.1, 0.15) is 24.0 Å². The van der Waals surface area contributed by atoms with Crippen molar-refractivity contribution in [3.8, 4) is 11.8 Å². The van der Waals surface area contributed by atoms with Gasteiger partial charge in [-0.25, -0.2) is 0 Å². The maximum atomic E-state index is 9.01. The maximum absolute atomic E-state index is 9.01. The highest BCUT2D eigenvalue weighted by Crippen LogP contribution is 2.28. The van der Waals surface area contributed by atoms with Gasteiger partial charge in [-0.05, 0) is 50.0 Å². The van der Waals surface area contributed by atoms with Gasteiger partial charge in [-0.15, -0.1) is 0 Å². The fourth-order valence-electron chi connectivity index (χ4n) is 3.42. The predicted molar refractivity (Wildman–Crippen MR) is 77.5 cm³/mol. The summed E-state index contributed by atoms with van der Waals surface area (Å²) >= 11 is 0. The number of fused-ring (bicyclic) bond motifs is 3. The monoisotopic (exact) mass is 271 g/mol. The van der Waals surface area contributed by atoms with E-state index in [0.717, 1.165) is 30.3 Å². The Bertz CT molecular complexity index is 515. The van der Waals surface area contributed by atoms with Crippen molar-refractivity contribution in [3.63, 3.8) is 0 Å². The first-order chi connectivity index (χ1) is 9.80. The zero-order chi connectivity index (χ0) is 13.9. The Hall–Kier alpha value is -1.57. The topological polar surface area (TPSA) is 48.3 Å². The standard InChI is InChI=1S/C16H21N3O/c1-20-16-3-2-12(9-17)8-14(16)10-18-15-11-19-6-4-13(15)5-7-19/h2-3,8,13,15,18H,4-7,10-11H2,1H3. The molecule has 3 aliphatic rings. The summed E-state index contributed by atoms with van der Waals surface area (Å²) < 4.78 is 5.39. The quantitative estimate of drug-likeness (QED) is 0.906. The van der Waals surface area contributed by atoms with Gasteiger partial charge in [-0.1, -0.05) is 0 Å². The molecule has 3 aliphatic heterocycles. The van der Waals surface area contributed by atoms with Crippen molar-refractivity contribution >= 4 is 0 Å². The summed E-state index contributed by atoms with van der Waals surface area (Å²) in [5, 5.41) is 12.7. The summed E-state index contributed by atoms with van der Waals surface area (Å²) in [5.74, 6) is 1.67. The summed E-state index contributed by atoms with van der Waals surface area (Å²) in [6, 6.07) is 8.38. The minimum atomic E-state index is 0.577. The van der Waals surface area contributed by atoms with Crippen LogP contribution in [0.5, 0.6) is 5.75 Å². The van der Waals surface area contributed by atoms with Crippen LogP contribution in [0.4, 0.5) is 0 Å². The van der Waals surface area contributed by atoms with E-state index in [0.29, 0.717) is 11.6 Å². The Morgan fingerprint density at radius 3 is 2.80 bits per heavy atom. The van der Waals surface area contributed by atoms with E-state index >= 15 is 0 Å². The molecular formula is C16H21N3O. The van der Waals surface area contributed by atoms with E-state index in [1.807, 2.05) is 12.1 Å². The second kappa shape index (κ2) is 5.82. The van der Waals surface area contributed by atoms with Crippen molar-refractivity contribution in [1.82, 2.24) is 10.2 Å². The molecule has 4 rings (SSSR count). The number of nitrogens with zero attached hydrogens (tertiary/aromatic N) is 2. The highest BCUT2D eigenvalue weighted by molar-refractivity contribution is 5.42. The SMILES string of the molecule is COc1ccc(C#N)cc1CNC1CN2CCC1CC2. The lowest BCUT2D eigenvalue weighted by Gasteiger charge is -2.45. The molecule has 4 nitrogen and oxygen atoms in total. The lowest BCUT2D eigenvalue weighted by Crippen LogP contribution is -2.55. The highest BCUT2D eigenvalue weighted by Gasteiger charge is 2.33. The smallest absolute Gasteiger partial charge is 0.123 e. The van der Waals surface area contributed by atoms with Crippen molar-refractivity contribution in [3.05, 3.63) is 29.3 Å². The number of rotatable bonds is 4. The zero-order valence-electron chi connectivity index (χ0n) is 11.9. The van der Waals surface area contributed by atoms with Gasteiger partial charge in [-0.3, -0.25) is 0 Å². The van der Waals surface area contributed by atoms with Gasteiger partial charge in [0.15, 0.2) is 0 Å². The van der Waals surface area contributed by atoms with E-state index in [-0.39, 0.29) is 0 Å². The molecule has 3 heterocycles. The van der Waals surface area contributed by atoms with E-state index in [1.165, 1.54) is 25.9 Å². The summed E-state index contributed by atoms with van der Waals surface area (Å²) in [6.45, 7) is 4.45. The van der Waals surface area contributed by atoms with Crippen LogP contribution in [0, 0.1) is 17.2 Å². The van der Waals surface area contributed by atoms with Crippen LogP contribution in [0.15, 0.2) is 18.2 Å². The molecule has 0 saturated carbocycles. The molecule has 2 bridgehead atoms. The van der Waals surface area contributed by atoms with Gasteiger partial charge in [0.2, 0.25) is 0 Å². The summed E-state index contributed by atoms with van der Waals surface area (Å²) in [5.41, 5.74) is 1.76. The minimum Gasteiger partial charge on any atom is -0.496 e. The van der Waals surface area contributed by atoms with Crippen LogP contribution in [0.25, 0.3) is 0 Å². The van der Waals surface area contributed by atoms with Crippen molar-refractivity contribution in [2.75, 3.05) is 26.7 Å². The molecule has 3 saturated heterocycles. The number of ether oxygens (including phenoxy) is 1. The third-order valence-electron chi connectivity index (χ3n) is 4.62. The molecule has 1 aromatic carbocycles. The Morgan fingerprint density at radius 1 is 1.40 bits per heavy atom. The van der Waals surface area contributed by atoms with E-state index < -0.39 is 0 Å². The summed E-state index contributed by atoms with van der Waals surface area (Å²) in [4.78, 5) is 2.54. The Balaban J connectivity index is 1.67. The molecule has 0 aromatic heterocycles. The predicted octanol–water partition coefficient (Wildman–Crippen LogP) is 1.75. The van der Waals surface area contributed by atoms with Gasteiger partial charge in [0.05, 0.1) is 18.7 Å². The van der Waals surface area contributed by atoms with Crippen molar-refractivity contribution in [2.45, 2.75) is 25.4 Å². The van der Waals surface area contributed by atoms with Gasteiger partial charge in [-0.2, -0.15) is 5.26 Å². The maximum Gasteiger partial charge on any atom is 0.123 e. The number of hydrogen-bond donors (Lipinski definition) is 1. The second-order valence-electron chi connectivity index (χ2n) is 5.76. The van der Waals surface area contributed by atoms with Crippen LogP contribution in [-0.2, 0) is 6.54 Å². The second-order valence-corrected chi connectivity index (χ2v) is 5.76. The minimum absolute atomic E-state index is 0.577. The Kier molecular flexibility index (Phi) is 3.90. The van der Waals surface area contributed by atoms with Crippen LogP contribution >= 0.6 is 0 Å².